The summed E-state index contributed by atoms with van der Waals surface area (Å²) < 4.78 is 5.67. The Morgan fingerprint density at radius 1 is 0.909 bits per heavy atom. The average Bonchev–Trinajstić information content (AvgIpc) is 2.76. The zero-order valence-corrected chi connectivity index (χ0v) is 21.3. The van der Waals surface area contributed by atoms with Crippen LogP contribution >= 0.6 is 0 Å². The third-order valence-electron chi connectivity index (χ3n) is 11.3. The van der Waals surface area contributed by atoms with Crippen LogP contribution in [0.3, 0.4) is 0 Å². The Labute approximate surface area is 197 Å². The van der Waals surface area contributed by atoms with Gasteiger partial charge in [-0.3, -0.25) is 14.4 Å². The van der Waals surface area contributed by atoms with Crippen LogP contribution in [0.2, 0.25) is 0 Å². The number of hydrogen-bond acceptors (Lipinski definition) is 4. The van der Waals surface area contributed by atoms with Crippen LogP contribution in [0, 0.1) is 33.5 Å². The lowest BCUT2D eigenvalue weighted by Gasteiger charge is -2.69. The average molecular weight is 451 g/mol. The van der Waals surface area contributed by atoms with Gasteiger partial charge in [-0.25, -0.2) is 0 Å². The van der Waals surface area contributed by atoms with Crippen molar-refractivity contribution < 1.29 is 19.1 Å². The van der Waals surface area contributed by atoms with Crippen molar-refractivity contribution in [2.45, 2.75) is 85.7 Å². The molecule has 33 heavy (non-hydrogen) atoms. The number of methoxy groups -OCH3 is 1. The maximum absolute atomic E-state index is 12.8. The van der Waals surface area contributed by atoms with Crippen molar-refractivity contribution >= 4 is 17.3 Å². The summed E-state index contributed by atoms with van der Waals surface area (Å²) in [6.45, 7) is 13.4. The second kappa shape index (κ2) is 6.65. The lowest BCUT2D eigenvalue weighted by atomic mass is 9.35. The van der Waals surface area contributed by atoms with Gasteiger partial charge in [-0.05, 0) is 78.4 Å². The molecule has 3 saturated carbocycles. The van der Waals surface area contributed by atoms with Gasteiger partial charge in [0, 0.05) is 24.9 Å². The van der Waals surface area contributed by atoms with Gasteiger partial charge in [0.05, 0.1) is 0 Å². The highest BCUT2D eigenvalue weighted by Gasteiger charge is 2.67. The number of ketones is 3. The Hall–Kier alpha value is -1.81. The topological polar surface area (TPSA) is 60.4 Å². The van der Waals surface area contributed by atoms with Crippen molar-refractivity contribution in [3.8, 4) is 0 Å². The van der Waals surface area contributed by atoms with E-state index >= 15 is 0 Å². The van der Waals surface area contributed by atoms with Gasteiger partial charge in [-0.2, -0.15) is 0 Å². The number of allylic oxidation sites excluding steroid dienone is 4. The standard InChI is InChI=1S/C29H38O4/c1-17-14-23-25(2,16-21(17)31)10-12-27(4)22-9-8-18-19(26(22,3)11-13-28(23,27)5)15-20(30)24(32)29(18,6)33-7/h8-9,15,17,23H,10-14,16H2,1-7H3/t17-,23-,25+,26+,27-,28+,29+/m1/s1. The molecule has 0 amide bonds. The van der Waals surface area contributed by atoms with Crippen LogP contribution in [-0.4, -0.2) is 30.1 Å². The van der Waals surface area contributed by atoms with Gasteiger partial charge < -0.3 is 4.74 Å². The Morgan fingerprint density at radius 2 is 1.61 bits per heavy atom. The molecule has 3 fully saturated rings. The fourth-order valence-corrected chi connectivity index (χ4v) is 8.72. The van der Waals surface area contributed by atoms with Crippen LogP contribution < -0.4 is 0 Å². The lowest BCUT2D eigenvalue weighted by molar-refractivity contribution is -0.162. The van der Waals surface area contributed by atoms with Gasteiger partial charge in [-0.15, -0.1) is 0 Å². The van der Waals surface area contributed by atoms with Crippen LogP contribution in [0.5, 0.6) is 0 Å². The molecule has 0 radical (unpaired) electrons. The highest BCUT2D eigenvalue weighted by atomic mass is 16.5. The van der Waals surface area contributed by atoms with E-state index in [1.807, 2.05) is 0 Å². The number of hydrogen-bond donors (Lipinski definition) is 0. The third-order valence-corrected chi connectivity index (χ3v) is 11.3. The molecule has 0 spiro atoms. The van der Waals surface area contributed by atoms with Gasteiger partial charge in [0.1, 0.15) is 5.78 Å². The molecule has 5 aliphatic carbocycles. The molecule has 0 N–H and O–H groups in total. The summed E-state index contributed by atoms with van der Waals surface area (Å²) >= 11 is 0. The highest BCUT2D eigenvalue weighted by molar-refractivity contribution is 6.46. The molecule has 7 atom stereocenters. The van der Waals surface area contributed by atoms with E-state index in [4.69, 9.17) is 4.74 Å². The maximum atomic E-state index is 12.8. The van der Waals surface area contributed by atoms with Gasteiger partial charge in [0.25, 0.3) is 0 Å². The van der Waals surface area contributed by atoms with Crippen LogP contribution in [-0.2, 0) is 19.1 Å². The second-order valence-corrected chi connectivity index (χ2v) is 12.7. The number of carbonyl (C=O) groups excluding carboxylic acids is 3. The Bertz CT molecular complexity index is 1080. The third kappa shape index (κ3) is 2.59. The molecule has 4 nitrogen and oxygen atoms in total. The quantitative estimate of drug-likeness (QED) is 0.491. The molecule has 0 saturated heterocycles. The SMILES string of the molecule is CO[C@]1(C)C(=O)C(=O)C=C2C1=CC=C1[C@@]2(C)CC[C@@]2(C)[C@@H]3C[C@@H](C)C(=O)C[C@]3(C)CC[C@]12C. The lowest BCUT2D eigenvalue weighted by Crippen LogP contribution is -2.62. The van der Waals surface area contributed by atoms with E-state index in [2.05, 4.69) is 46.8 Å². The van der Waals surface area contributed by atoms with Crippen molar-refractivity contribution in [2.24, 2.45) is 33.5 Å². The van der Waals surface area contributed by atoms with E-state index in [9.17, 15) is 14.4 Å². The Morgan fingerprint density at radius 3 is 2.27 bits per heavy atom. The first-order valence-corrected chi connectivity index (χ1v) is 12.6. The van der Waals surface area contributed by atoms with E-state index in [0.717, 1.165) is 43.3 Å². The fraction of sp³-hybridized carbons (Fsp3) is 0.690. The molecule has 0 unspecified atom stereocenters. The summed E-state index contributed by atoms with van der Waals surface area (Å²) in [4.78, 5) is 38.2. The van der Waals surface area contributed by atoms with Crippen LogP contribution in [0.4, 0.5) is 0 Å². The summed E-state index contributed by atoms with van der Waals surface area (Å²) in [6, 6.07) is 0. The van der Waals surface area contributed by atoms with Gasteiger partial charge in [0.2, 0.25) is 11.6 Å². The normalized spacial score (nSPS) is 49.2. The smallest absolute Gasteiger partial charge is 0.238 e. The number of carbonyl (C=O) groups is 3. The van der Waals surface area contributed by atoms with E-state index < -0.39 is 17.2 Å². The molecular weight excluding hydrogens is 412 g/mol. The predicted molar refractivity (Wildman–Crippen MR) is 127 cm³/mol. The molecular formula is C29H38O4. The monoisotopic (exact) mass is 450 g/mol. The van der Waals surface area contributed by atoms with Gasteiger partial charge in [-0.1, -0.05) is 52.3 Å². The molecule has 0 aromatic heterocycles. The van der Waals surface area contributed by atoms with Crippen LogP contribution in [0.15, 0.2) is 34.9 Å². The summed E-state index contributed by atoms with van der Waals surface area (Å²) in [6.07, 6.45) is 11.7. The summed E-state index contributed by atoms with van der Waals surface area (Å²) in [7, 11) is 1.52. The minimum absolute atomic E-state index is 0.0267. The van der Waals surface area contributed by atoms with Crippen molar-refractivity contribution in [2.75, 3.05) is 7.11 Å². The first kappa shape index (κ1) is 23.0. The molecule has 4 heteroatoms. The van der Waals surface area contributed by atoms with Crippen LogP contribution in [0.25, 0.3) is 0 Å². The largest absolute Gasteiger partial charge is 0.365 e. The molecule has 0 aromatic carbocycles. The molecule has 0 aliphatic heterocycles. The number of ether oxygens (including phenoxy) is 1. The predicted octanol–water partition coefficient (Wildman–Crippen LogP) is 5.56. The van der Waals surface area contributed by atoms with Gasteiger partial charge >= 0.3 is 0 Å². The van der Waals surface area contributed by atoms with E-state index in [-0.39, 0.29) is 27.6 Å². The van der Waals surface area contributed by atoms with E-state index in [1.54, 1.807) is 13.0 Å². The summed E-state index contributed by atoms with van der Waals surface area (Å²) in [5.74, 6) is 0.125. The Balaban J connectivity index is 1.66. The number of Topliss-reactive ketones (excluding diaryl/α,β-unsaturated/α-hetero) is 2. The summed E-state index contributed by atoms with van der Waals surface area (Å²) in [5, 5.41) is 0. The molecule has 178 valence electrons. The first-order chi connectivity index (χ1) is 15.3. The van der Waals surface area contributed by atoms with Crippen molar-refractivity contribution in [3.05, 3.63) is 34.9 Å². The fourth-order valence-electron chi connectivity index (χ4n) is 8.72. The molecule has 5 rings (SSSR count). The first-order valence-electron chi connectivity index (χ1n) is 12.6. The molecule has 0 heterocycles. The second-order valence-electron chi connectivity index (χ2n) is 12.7. The minimum Gasteiger partial charge on any atom is -0.365 e. The zero-order chi connectivity index (χ0) is 24.2. The molecule has 0 bridgehead atoms. The van der Waals surface area contributed by atoms with E-state index in [0.29, 0.717) is 18.1 Å². The molecule has 5 aliphatic rings. The highest BCUT2D eigenvalue weighted by Crippen LogP contribution is 2.74. The van der Waals surface area contributed by atoms with E-state index in [1.165, 1.54) is 12.7 Å². The number of fused-ring (bicyclic) bond motifs is 7. The minimum atomic E-state index is -1.22. The van der Waals surface area contributed by atoms with Crippen molar-refractivity contribution in [3.63, 3.8) is 0 Å². The van der Waals surface area contributed by atoms with Gasteiger partial charge in [0.15, 0.2) is 5.60 Å². The molecule has 0 aromatic rings. The summed E-state index contributed by atoms with van der Waals surface area (Å²) in [5.41, 5.74) is 1.82. The van der Waals surface area contributed by atoms with Crippen LogP contribution in [0.1, 0.15) is 80.1 Å². The number of rotatable bonds is 1. The Kier molecular flexibility index (Phi) is 4.63. The maximum Gasteiger partial charge on any atom is 0.238 e. The van der Waals surface area contributed by atoms with Crippen molar-refractivity contribution in [1.29, 1.82) is 0 Å². The van der Waals surface area contributed by atoms with Crippen molar-refractivity contribution in [1.82, 2.24) is 0 Å². The zero-order valence-electron chi connectivity index (χ0n) is 21.3.